The maximum absolute atomic E-state index is 3.98. The normalized spacial score (nSPS) is 16.2. The number of rotatable bonds is 3. The SMILES string of the molecule is CNN=Cc1ccc(N2CCCC2)cc1. The Balaban J connectivity index is 2.06. The van der Waals surface area contributed by atoms with Gasteiger partial charge in [0.1, 0.15) is 0 Å². The lowest BCUT2D eigenvalue weighted by atomic mass is 10.2. The zero-order valence-electron chi connectivity index (χ0n) is 9.11. The molecule has 0 unspecified atom stereocenters. The fraction of sp³-hybridized carbons (Fsp3) is 0.417. The fourth-order valence-electron chi connectivity index (χ4n) is 1.89. The fourth-order valence-corrected chi connectivity index (χ4v) is 1.89. The Morgan fingerprint density at radius 3 is 2.47 bits per heavy atom. The van der Waals surface area contributed by atoms with Crippen LogP contribution in [0.15, 0.2) is 29.4 Å². The van der Waals surface area contributed by atoms with E-state index in [0.717, 1.165) is 5.56 Å². The number of nitrogens with one attached hydrogen (secondary N) is 1. The molecule has 0 aromatic heterocycles. The largest absolute Gasteiger partial charge is 0.372 e. The number of hydrogen-bond donors (Lipinski definition) is 1. The Morgan fingerprint density at radius 2 is 1.87 bits per heavy atom. The van der Waals surface area contributed by atoms with Gasteiger partial charge in [-0.05, 0) is 30.5 Å². The highest BCUT2D eigenvalue weighted by molar-refractivity contribution is 5.80. The van der Waals surface area contributed by atoms with E-state index >= 15 is 0 Å². The maximum Gasteiger partial charge on any atom is 0.0540 e. The third-order valence-corrected chi connectivity index (χ3v) is 2.71. The number of anilines is 1. The smallest absolute Gasteiger partial charge is 0.0540 e. The van der Waals surface area contributed by atoms with Gasteiger partial charge in [0.25, 0.3) is 0 Å². The molecule has 15 heavy (non-hydrogen) atoms. The van der Waals surface area contributed by atoms with Crippen molar-refractivity contribution < 1.29 is 0 Å². The molecule has 1 aliphatic heterocycles. The molecule has 1 aromatic rings. The first-order valence-electron chi connectivity index (χ1n) is 5.45. The molecular weight excluding hydrogens is 186 g/mol. The van der Waals surface area contributed by atoms with Crippen LogP contribution in [-0.2, 0) is 0 Å². The highest BCUT2D eigenvalue weighted by atomic mass is 15.3. The zero-order chi connectivity index (χ0) is 10.5. The van der Waals surface area contributed by atoms with Crippen molar-refractivity contribution in [3.63, 3.8) is 0 Å². The Kier molecular flexibility index (Phi) is 3.22. The van der Waals surface area contributed by atoms with Crippen LogP contribution in [0.25, 0.3) is 0 Å². The maximum atomic E-state index is 3.98. The second-order valence-electron chi connectivity index (χ2n) is 3.77. The van der Waals surface area contributed by atoms with Gasteiger partial charge in [-0.25, -0.2) is 0 Å². The first kappa shape index (κ1) is 10.0. The summed E-state index contributed by atoms with van der Waals surface area (Å²) >= 11 is 0. The third kappa shape index (κ3) is 2.49. The van der Waals surface area contributed by atoms with Crippen molar-refractivity contribution in [2.75, 3.05) is 25.0 Å². The van der Waals surface area contributed by atoms with Gasteiger partial charge in [-0.1, -0.05) is 12.1 Å². The molecule has 2 rings (SSSR count). The number of nitrogens with zero attached hydrogens (tertiary/aromatic N) is 2. The first-order chi connectivity index (χ1) is 7.40. The number of hydrazone groups is 1. The van der Waals surface area contributed by atoms with E-state index in [-0.39, 0.29) is 0 Å². The van der Waals surface area contributed by atoms with Crippen LogP contribution in [0.1, 0.15) is 18.4 Å². The van der Waals surface area contributed by atoms with E-state index in [1.54, 1.807) is 7.05 Å². The molecule has 80 valence electrons. The van der Waals surface area contributed by atoms with Crippen molar-refractivity contribution in [1.82, 2.24) is 5.43 Å². The molecular formula is C12H17N3. The topological polar surface area (TPSA) is 27.6 Å². The van der Waals surface area contributed by atoms with Crippen LogP contribution in [0.3, 0.4) is 0 Å². The summed E-state index contributed by atoms with van der Waals surface area (Å²) < 4.78 is 0. The highest BCUT2D eigenvalue weighted by Crippen LogP contribution is 2.19. The molecule has 0 spiro atoms. The molecule has 3 heteroatoms. The molecule has 1 fully saturated rings. The van der Waals surface area contributed by atoms with Crippen LogP contribution in [0.4, 0.5) is 5.69 Å². The quantitative estimate of drug-likeness (QED) is 0.599. The van der Waals surface area contributed by atoms with Crippen molar-refractivity contribution in [3.8, 4) is 0 Å². The van der Waals surface area contributed by atoms with Gasteiger partial charge in [-0.2, -0.15) is 5.10 Å². The van der Waals surface area contributed by atoms with Crippen molar-refractivity contribution in [2.24, 2.45) is 5.10 Å². The van der Waals surface area contributed by atoms with E-state index in [9.17, 15) is 0 Å². The zero-order valence-corrected chi connectivity index (χ0v) is 9.11. The van der Waals surface area contributed by atoms with E-state index in [2.05, 4.69) is 39.7 Å². The summed E-state index contributed by atoms with van der Waals surface area (Å²) in [5.74, 6) is 0. The second-order valence-corrected chi connectivity index (χ2v) is 3.77. The Labute approximate surface area is 90.8 Å². The second kappa shape index (κ2) is 4.82. The summed E-state index contributed by atoms with van der Waals surface area (Å²) in [6.45, 7) is 2.40. The first-order valence-corrected chi connectivity index (χ1v) is 5.45. The van der Waals surface area contributed by atoms with Crippen molar-refractivity contribution in [2.45, 2.75) is 12.8 Å². The summed E-state index contributed by atoms with van der Waals surface area (Å²) in [4.78, 5) is 2.43. The average Bonchev–Trinajstić information content (AvgIpc) is 2.80. The minimum absolute atomic E-state index is 1.13. The van der Waals surface area contributed by atoms with Crippen molar-refractivity contribution >= 4 is 11.9 Å². The van der Waals surface area contributed by atoms with E-state index < -0.39 is 0 Å². The Bertz CT molecular complexity index is 323. The molecule has 0 radical (unpaired) electrons. The molecule has 0 saturated carbocycles. The van der Waals surface area contributed by atoms with Gasteiger partial charge >= 0.3 is 0 Å². The number of hydrogen-bond acceptors (Lipinski definition) is 3. The minimum Gasteiger partial charge on any atom is -0.372 e. The molecule has 1 N–H and O–H groups in total. The van der Waals surface area contributed by atoms with Crippen molar-refractivity contribution in [3.05, 3.63) is 29.8 Å². The molecule has 0 aliphatic carbocycles. The lowest BCUT2D eigenvalue weighted by molar-refractivity contribution is 0.908. The minimum atomic E-state index is 1.13. The third-order valence-electron chi connectivity index (χ3n) is 2.71. The number of benzene rings is 1. The van der Waals surface area contributed by atoms with Crippen molar-refractivity contribution in [1.29, 1.82) is 0 Å². The van der Waals surface area contributed by atoms with Gasteiger partial charge in [0.05, 0.1) is 6.21 Å². The molecule has 0 bridgehead atoms. The van der Waals surface area contributed by atoms with E-state index in [1.807, 2.05) is 6.21 Å². The summed E-state index contributed by atoms with van der Waals surface area (Å²) in [5, 5.41) is 3.98. The molecule has 0 atom stereocenters. The van der Waals surface area contributed by atoms with Crippen LogP contribution in [0.5, 0.6) is 0 Å². The lowest BCUT2D eigenvalue weighted by Gasteiger charge is -2.17. The summed E-state index contributed by atoms with van der Waals surface area (Å²) in [6, 6.07) is 8.55. The van der Waals surface area contributed by atoms with Gasteiger partial charge in [-0.15, -0.1) is 0 Å². The molecule has 1 aromatic carbocycles. The highest BCUT2D eigenvalue weighted by Gasteiger charge is 2.11. The standard InChI is InChI=1S/C12H17N3/c1-13-14-10-11-4-6-12(7-5-11)15-8-2-3-9-15/h4-7,10,13H,2-3,8-9H2,1H3. The van der Waals surface area contributed by atoms with Gasteiger partial charge < -0.3 is 10.3 Å². The molecule has 1 saturated heterocycles. The predicted octanol–water partition coefficient (Wildman–Crippen LogP) is 1.84. The molecule has 1 heterocycles. The van der Waals surface area contributed by atoms with Gasteiger partial charge in [0.15, 0.2) is 0 Å². The Morgan fingerprint density at radius 1 is 1.20 bits per heavy atom. The predicted molar refractivity (Wildman–Crippen MR) is 64.5 cm³/mol. The van der Waals surface area contributed by atoms with Crippen LogP contribution in [0.2, 0.25) is 0 Å². The van der Waals surface area contributed by atoms with E-state index in [1.165, 1.54) is 31.6 Å². The monoisotopic (exact) mass is 203 g/mol. The molecule has 3 nitrogen and oxygen atoms in total. The van der Waals surface area contributed by atoms with Crippen LogP contribution >= 0.6 is 0 Å². The summed E-state index contributed by atoms with van der Waals surface area (Å²) in [7, 11) is 1.80. The van der Waals surface area contributed by atoms with E-state index in [0.29, 0.717) is 0 Å². The molecule has 1 aliphatic rings. The Hall–Kier alpha value is -1.51. The average molecular weight is 203 g/mol. The summed E-state index contributed by atoms with van der Waals surface area (Å²) in [6.07, 6.45) is 4.47. The summed E-state index contributed by atoms with van der Waals surface area (Å²) in [5.41, 5.74) is 5.20. The van der Waals surface area contributed by atoms with E-state index in [4.69, 9.17) is 0 Å². The van der Waals surface area contributed by atoms with Crippen LogP contribution in [-0.4, -0.2) is 26.4 Å². The lowest BCUT2D eigenvalue weighted by Crippen LogP contribution is -2.17. The van der Waals surface area contributed by atoms with Gasteiger partial charge in [0, 0.05) is 25.8 Å². The van der Waals surface area contributed by atoms with Crippen LogP contribution in [0, 0.1) is 0 Å². The van der Waals surface area contributed by atoms with Gasteiger partial charge in [0.2, 0.25) is 0 Å². The van der Waals surface area contributed by atoms with Crippen LogP contribution < -0.4 is 10.3 Å². The van der Waals surface area contributed by atoms with Gasteiger partial charge in [-0.3, -0.25) is 0 Å². The molecule has 0 amide bonds.